The molecule has 0 unspecified atom stereocenters. The average molecular weight is 367 g/mol. The standard InChI is InChI=1S/C18H13N3O4S/c1-12-16(20-18(25-12)14-5-3-2-4-6-14)17(22)21-26(23,24)15-9-7-13(11-19)8-10-15/h2-10H,1H3,(H,21,22). The van der Waals surface area contributed by atoms with Crippen molar-refractivity contribution in [2.45, 2.75) is 11.8 Å². The van der Waals surface area contributed by atoms with E-state index in [2.05, 4.69) is 4.98 Å². The van der Waals surface area contributed by atoms with Crippen LogP contribution in [-0.4, -0.2) is 19.3 Å². The van der Waals surface area contributed by atoms with E-state index in [4.69, 9.17) is 9.68 Å². The van der Waals surface area contributed by atoms with Gasteiger partial charge in [-0.25, -0.2) is 18.1 Å². The highest BCUT2D eigenvalue weighted by molar-refractivity contribution is 7.90. The molecule has 7 nitrogen and oxygen atoms in total. The fourth-order valence-electron chi connectivity index (χ4n) is 2.25. The van der Waals surface area contributed by atoms with Gasteiger partial charge in [-0.05, 0) is 43.3 Å². The van der Waals surface area contributed by atoms with Crippen LogP contribution in [-0.2, 0) is 10.0 Å². The third-order valence-corrected chi connectivity index (χ3v) is 4.90. The molecule has 2 aromatic carbocycles. The van der Waals surface area contributed by atoms with E-state index in [1.807, 2.05) is 16.9 Å². The quantitative estimate of drug-likeness (QED) is 0.758. The summed E-state index contributed by atoms with van der Waals surface area (Å²) in [6, 6.07) is 16.1. The van der Waals surface area contributed by atoms with Crippen molar-refractivity contribution in [3.63, 3.8) is 0 Å². The maximum absolute atomic E-state index is 12.4. The number of aromatic nitrogens is 1. The number of benzene rings is 2. The Bertz CT molecular complexity index is 1100. The second-order valence-electron chi connectivity index (χ2n) is 5.36. The minimum Gasteiger partial charge on any atom is -0.441 e. The predicted octanol–water partition coefficient (Wildman–Crippen LogP) is 2.64. The fourth-order valence-corrected chi connectivity index (χ4v) is 3.20. The van der Waals surface area contributed by atoms with Crippen LogP contribution in [0, 0.1) is 18.3 Å². The summed E-state index contributed by atoms with van der Waals surface area (Å²) in [7, 11) is -4.10. The Balaban J connectivity index is 1.86. The van der Waals surface area contributed by atoms with Crippen molar-refractivity contribution < 1.29 is 17.6 Å². The van der Waals surface area contributed by atoms with Gasteiger partial charge >= 0.3 is 0 Å². The molecule has 26 heavy (non-hydrogen) atoms. The highest BCUT2D eigenvalue weighted by Crippen LogP contribution is 2.21. The van der Waals surface area contributed by atoms with E-state index >= 15 is 0 Å². The summed E-state index contributed by atoms with van der Waals surface area (Å²) in [6.07, 6.45) is 0. The highest BCUT2D eigenvalue weighted by Gasteiger charge is 2.24. The first kappa shape index (κ1) is 17.4. The molecule has 3 aromatic rings. The molecule has 0 aliphatic heterocycles. The molecular weight excluding hydrogens is 354 g/mol. The molecule has 130 valence electrons. The number of carbonyl (C=O) groups is 1. The molecule has 8 heteroatoms. The number of hydrogen-bond acceptors (Lipinski definition) is 6. The lowest BCUT2D eigenvalue weighted by Gasteiger charge is -2.05. The van der Waals surface area contributed by atoms with Gasteiger partial charge < -0.3 is 4.42 Å². The number of aryl methyl sites for hydroxylation is 1. The summed E-state index contributed by atoms with van der Waals surface area (Å²) in [4.78, 5) is 16.3. The first-order valence-corrected chi connectivity index (χ1v) is 8.99. The van der Waals surface area contributed by atoms with Crippen molar-refractivity contribution >= 4 is 15.9 Å². The van der Waals surface area contributed by atoms with Gasteiger partial charge in [-0.2, -0.15) is 5.26 Å². The Kier molecular flexibility index (Phi) is 4.56. The summed E-state index contributed by atoms with van der Waals surface area (Å²) < 4.78 is 32.1. The molecule has 1 heterocycles. The van der Waals surface area contributed by atoms with Crippen molar-refractivity contribution in [3.8, 4) is 17.5 Å². The largest absolute Gasteiger partial charge is 0.441 e. The van der Waals surface area contributed by atoms with Crippen LogP contribution in [0.3, 0.4) is 0 Å². The monoisotopic (exact) mass is 367 g/mol. The molecular formula is C18H13N3O4S. The first-order chi connectivity index (χ1) is 12.4. The number of sulfonamides is 1. The minimum absolute atomic E-state index is 0.110. The van der Waals surface area contributed by atoms with Gasteiger partial charge in [0.15, 0.2) is 5.69 Å². The zero-order valence-electron chi connectivity index (χ0n) is 13.6. The zero-order chi connectivity index (χ0) is 18.7. The van der Waals surface area contributed by atoms with Gasteiger partial charge in [-0.15, -0.1) is 0 Å². The number of oxazole rings is 1. The number of nitrogens with one attached hydrogen (secondary N) is 1. The summed E-state index contributed by atoms with van der Waals surface area (Å²) in [5.74, 6) is -0.460. The van der Waals surface area contributed by atoms with Gasteiger partial charge in [0.05, 0.1) is 16.5 Å². The van der Waals surface area contributed by atoms with E-state index in [0.29, 0.717) is 11.1 Å². The molecule has 0 aliphatic rings. The Labute approximate surface area is 150 Å². The maximum Gasteiger partial charge on any atom is 0.287 e. The van der Waals surface area contributed by atoms with Crippen LogP contribution in [0.1, 0.15) is 21.8 Å². The van der Waals surface area contributed by atoms with Crippen molar-refractivity contribution in [1.82, 2.24) is 9.71 Å². The van der Waals surface area contributed by atoms with Crippen LogP contribution in [0.25, 0.3) is 11.5 Å². The van der Waals surface area contributed by atoms with E-state index in [1.165, 1.54) is 31.2 Å². The number of rotatable bonds is 4. The Morgan fingerprint density at radius 2 is 1.77 bits per heavy atom. The lowest BCUT2D eigenvalue weighted by atomic mass is 10.2. The van der Waals surface area contributed by atoms with Gasteiger partial charge in [-0.3, -0.25) is 4.79 Å². The van der Waals surface area contributed by atoms with Gasteiger partial charge in [0, 0.05) is 5.56 Å². The van der Waals surface area contributed by atoms with Crippen LogP contribution in [0.2, 0.25) is 0 Å². The second-order valence-corrected chi connectivity index (χ2v) is 7.04. The van der Waals surface area contributed by atoms with Crippen molar-refractivity contribution in [2.75, 3.05) is 0 Å². The number of carbonyl (C=O) groups excluding carboxylic acids is 1. The topological polar surface area (TPSA) is 113 Å². The van der Waals surface area contributed by atoms with Gasteiger partial charge in [-0.1, -0.05) is 18.2 Å². The smallest absolute Gasteiger partial charge is 0.287 e. The Morgan fingerprint density at radius 1 is 1.12 bits per heavy atom. The second kappa shape index (κ2) is 6.82. The molecule has 1 amide bonds. The van der Waals surface area contributed by atoms with E-state index in [0.717, 1.165) is 0 Å². The third kappa shape index (κ3) is 3.48. The van der Waals surface area contributed by atoms with Crippen LogP contribution in [0.5, 0.6) is 0 Å². The van der Waals surface area contributed by atoms with Gasteiger partial charge in [0.2, 0.25) is 5.89 Å². The molecule has 0 radical (unpaired) electrons. The molecule has 3 rings (SSSR count). The lowest BCUT2D eigenvalue weighted by Crippen LogP contribution is -2.31. The number of amides is 1. The fraction of sp³-hybridized carbons (Fsp3) is 0.0556. The van der Waals surface area contributed by atoms with E-state index in [1.54, 1.807) is 24.3 Å². The maximum atomic E-state index is 12.4. The molecule has 0 atom stereocenters. The molecule has 0 saturated carbocycles. The van der Waals surface area contributed by atoms with Crippen LogP contribution in [0.4, 0.5) is 0 Å². The zero-order valence-corrected chi connectivity index (χ0v) is 14.4. The lowest BCUT2D eigenvalue weighted by molar-refractivity contribution is 0.0975. The molecule has 0 spiro atoms. The summed E-state index contributed by atoms with van der Waals surface area (Å²) in [5, 5.41) is 8.76. The SMILES string of the molecule is Cc1oc(-c2ccccc2)nc1C(=O)NS(=O)(=O)c1ccc(C#N)cc1. The Morgan fingerprint density at radius 3 is 2.38 bits per heavy atom. The van der Waals surface area contributed by atoms with Crippen molar-refractivity contribution in [1.29, 1.82) is 5.26 Å². The van der Waals surface area contributed by atoms with Crippen LogP contribution < -0.4 is 4.72 Å². The van der Waals surface area contributed by atoms with Crippen molar-refractivity contribution in [2.24, 2.45) is 0 Å². The molecule has 0 saturated heterocycles. The first-order valence-electron chi connectivity index (χ1n) is 7.51. The minimum atomic E-state index is -4.10. The predicted molar refractivity (Wildman–Crippen MR) is 92.5 cm³/mol. The Hall–Kier alpha value is -3.44. The third-order valence-electron chi connectivity index (χ3n) is 3.55. The normalized spacial score (nSPS) is 10.9. The summed E-state index contributed by atoms with van der Waals surface area (Å²) >= 11 is 0. The number of nitriles is 1. The highest BCUT2D eigenvalue weighted by atomic mass is 32.2. The summed E-state index contributed by atoms with van der Waals surface area (Å²) in [5.41, 5.74) is 0.876. The molecule has 0 aliphatic carbocycles. The van der Waals surface area contributed by atoms with Crippen LogP contribution >= 0.6 is 0 Å². The van der Waals surface area contributed by atoms with E-state index < -0.39 is 15.9 Å². The van der Waals surface area contributed by atoms with Gasteiger partial charge in [0.1, 0.15) is 5.76 Å². The van der Waals surface area contributed by atoms with E-state index in [9.17, 15) is 13.2 Å². The number of hydrogen-bond donors (Lipinski definition) is 1. The molecule has 0 bridgehead atoms. The van der Waals surface area contributed by atoms with Crippen LogP contribution in [0.15, 0.2) is 63.9 Å². The molecule has 0 fully saturated rings. The van der Waals surface area contributed by atoms with E-state index in [-0.39, 0.29) is 22.2 Å². The number of nitrogens with zero attached hydrogens (tertiary/aromatic N) is 2. The van der Waals surface area contributed by atoms with Gasteiger partial charge in [0.25, 0.3) is 15.9 Å². The average Bonchev–Trinajstić information content (AvgIpc) is 3.04. The van der Waals surface area contributed by atoms with Crippen molar-refractivity contribution in [3.05, 3.63) is 71.6 Å². The molecule has 1 N–H and O–H groups in total. The summed E-state index contributed by atoms with van der Waals surface area (Å²) in [6.45, 7) is 1.53. The molecule has 1 aromatic heterocycles.